The Morgan fingerprint density at radius 3 is 2.72 bits per heavy atom. The molecule has 0 aliphatic carbocycles. The Morgan fingerprint density at radius 2 is 1.93 bits per heavy atom. The number of halogens is 1. The fourth-order valence-corrected chi connectivity index (χ4v) is 7.25. The van der Waals surface area contributed by atoms with Gasteiger partial charge >= 0.3 is 0 Å². The quantitative estimate of drug-likeness (QED) is 0.218. The van der Waals surface area contributed by atoms with E-state index in [1.807, 2.05) is 42.5 Å². The average Bonchev–Trinajstić information content (AvgIpc) is 3.23. The van der Waals surface area contributed by atoms with Gasteiger partial charge in [-0.3, -0.25) is 9.69 Å². The van der Waals surface area contributed by atoms with Crippen LogP contribution in [0.25, 0.3) is 10.9 Å². The lowest BCUT2D eigenvalue weighted by Crippen LogP contribution is -2.41. The first kappa shape index (κ1) is 29.6. The molecule has 0 bridgehead atoms. The largest absolute Gasteiger partial charge is 0.473 e. The summed E-state index contributed by atoms with van der Waals surface area (Å²) in [6.45, 7) is 7.29. The molecule has 0 unspecified atom stereocenters. The number of carbonyl (C=O) groups excluding carboxylic acids is 1. The van der Waals surface area contributed by atoms with Gasteiger partial charge in [-0.15, -0.1) is 0 Å². The number of pyridine rings is 1. The maximum absolute atomic E-state index is 14.8. The zero-order valence-corrected chi connectivity index (χ0v) is 25.7. The number of ether oxygens (including phenoxy) is 5. The molecule has 0 amide bonds. The SMILES string of the molecule is O=COc1ccc2cc(CN3CC[C@H]4c5nc(OCc6ccc(C7COC7)cc6F)ccc5COC[C@H]4C3)n(C[C@@H]3CCO3)c2c1. The van der Waals surface area contributed by atoms with E-state index < -0.39 is 0 Å². The van der Waals surface area contributed by atoms with E-state index in [0.29, 0.717) is 56.0 Å². The van der Waals surface area contributed by atoms with Crippen LogP contribution in [0.4, 0.5) is 4.39 Å². The molecular weight excluding hydrogens is 589 g/mol. The molecule has 240 valence electrons. The first-order chi connectivity index (χ1) is 22.6. The molecule has 2 aromatic heterocycles. The van der Waals surface area contributed by atoms with Crippen LogP contribution in [-0.2, 0) is 45.3 Å². The van der Waals surface area contributed by atoms with Gasteiger partial charge < -0.3 is 28.3 Å². The van der Waals surface area contributed by atoms with Crippen molar-refractivity contribution in [2.45, 2.75) is 57.1 Å². The Morgan fingerprint density at radius 1 is 1.02 bits per heavy atom. The molecule has 0 radical (unpaired) electrons. The van der Waals surface area contributed by atoms with E-state index in [4.69, 9.17) is 28.7 Å². The van der Waals surface area contributed by atoms with Crippen molar-refractivity contribution in [1.82, 2.24) is 14.5 Å². The lowest BCUT2D eigenvalue weighted by atomic mass is 9.82. The van der Waals surface area contributed by atoms with Crippen molar-refractivity contribution < 1.29 is 32.9 Å². The molecule has 4 aliphatic rings. The number of hydrogen-bond donors (Lipinski definition) is 0. The number of fused-ring (bicyclic) bond motifs is 4. The highest BCUT2D eigenvalue weighted by molar-refractivity contribution is 5.83. The molecule has 6 heterocycles. The van der Waals surface area contributed by atoms with Crippen molar-refractivity contribution in [1.29, 1.82) is 0 Å². The molecule has 0 saturated carbocycles. The first-order valence-electron chi connectivity index (χ1n) is 16.2. The Hall–Kier alpha value is -3.83. The molecule has 46 heavy (non-hydrogen) atoms. The molecule has 4 aliphatic heterocycles. The second-order valence-corrected chi connectivity index (χ2v) is 12.9. The normalized spacial score (nSPS) is 23.1. The fourth-order valence-electron chi connectivity index (χ4n) is 7.25. The summed E-state index contributed by atoms with van der Waals surface area (Å²) in [5.41, 5.74) is 5.90. The maximum Gasteiger partial charge on any atom is 0.298 e. The van der Waals surface area contributed by atoms with Crippen LogP contribution in [0.15, 0.2) is 54.6 Å². The highest BCUT2D eigenvalue weighted by Crippen LogP contribution is 2.39. The van der Waals surface area contributed by atoms with Crippen molar-refractivity contribution in [2.24, 2.45) is 5.92 Å². The van der Waals surface area contributed by atoms with Crippen LogP contribution in [0.2, 0.25) is 0 Å². The molecule has 10 heteroatoms. The van der Waals surface area contributed by atoms with Crippen LogP contribution in [0.5, 0.6) is 11.6 Å². The molecule has 0 N–H and O–H groups in total. The minimum atomic E-state index is -0.256. The highest BCUT2D eigenvalue weighted by Gasteiger charge is 2.35. The van der Waals surface area contributed by atoms with Gasteiger partial charge in [0.1, 0.15) is 18.2 Å². The molecular formula is C36H38FN3O6. The zero-order chi connectivity index (χ0) is 31.0. The van der Waals surface area contributed by atoms with Crippen molar-refractivity contribution in [3.05, 3.63) is 88.5 Å². The molecule has 3 atom stereocenters. The van der Waals surface area contributed by atoms with Crippen LogP contribution < -0.4 is 9.47 Å². The molecule has 2 aromatic carbocycles. The smallest absolute Gasteiger partial charge is 0.298 e. The predicted octanol–water partition coefficient (Wildman–Crippen LogP) is 5.33. The van der Waals surface area contributed by atoms with Gasteiger partial charge in [-0.2, -0.15) is 0 Å². The van der Waals surface area contributed by atoms with E-state index in [0.717, 1.165) is 73.4 Å². The van der Waals surface area contributed by atoms with Crippen molar-refractivity contribution in [3.63, 3.8) is 0 Å². The number of benzene rings is 2. The Labute approximate surface area is 267 Å². The summed E-state index contributed by atoms with van der Waals surface area (Å²) in [5.74, 6) is 1.62. The van der Waals surface area contributed by atoms with Gasteiger partial charge in [0.25, 0.3) is 6.47 Å². The van der Waals surface area contributed by atoms with Crippen molar-refractivity contribution in [3.8, 4) is 11.6 Å². The van der Waals surface area contributed by atoms with E-state index in [-0.39, 0.29) is 30.4 Å². The number of likely N-dealkylation sites (tertiary alicyclic amines) is 1. The van der Waals surface area contributed by atoms with Gasteiger partial charge in [0.15, 0.2) is 0 Å². The minimum Gasteiger partial charge on any atom is -0.473 e. The molecule has 0 spiro atoms. The lowest BCUT2D eigenvalue weighted by molar-refractivity contribution is -0.120. The Balaban J connectivity index is 0.969. The Kier molecular flexibility index (Phi) is 8.20. The topological polar surface area (TPSA) is 84.3 Å². The highest BCUT2D eigenvalue weighted by atomic mass is 19.1. The van der Waals surface area contributed by atoms with Gasteiger partial charge in [-0.1, -0.05) is 12.1 Å². The van der Waals surface area contributed by atoms with Gasteiger partial charge in [-0.25, -0.2) is 9.37 Å². The van der Waals surface area contributed by atoms with Crippen molar-refractivity contribution in [2.75, 3.05) is 39.5 Å². The summed E-state index contributed by atoms with van der Waals surface area (Å²) in [4.78, 5) is 18.5. The van der Waals surface area contributed by atoms with Gasteiger partial charge in [0.05, 0.1) is 43.7 Å². The van der Waals surface area contributed by atoms with Crippen LogP contribution in [-0.4, -0.2) is 66.5 Å². The molecule has 3 saturated heterocycles. The third-order valence-electron chi connectivity index (χ3n) is 10.0. The van der Waals surface area contributed by atoms with E-state index in [1.54, 1.807) is 6.07 Å². The molecule has 8 rings (SSSR count). The average molecular weight is 628 g/mol. The fraction of sp³-hybridized carbons (Fsp3) is 0.444. The van der Waals surface area contributed by atoms with Gasteiger partial charge in [0, 0.05) is 72.8 Å². The van der Waals surface area contributed by atoms with Crippen LogP contribution in [0, 0.1) is 11.7 Å². The molecule has 4 aromatic rings. The second-order valence-electron chi connectivity index (χ2n) is 12.9. The summed E-state index contributed by atoms with van der Waals surface area (Å²) in [7, 11) is 0. The summed E-state index contributed by atoms with van der Waals surface area (Å²) in [5, 5.41) is 1.12. The van der Waals surface area contributed by atoms with Crippen LogP contribution >= 0.6 is 0 Å². The van der Waals surface area contributed by atoms with Crippen molar-refractivity contribution >= 4 is 17.4 Å². The number of piperidine rings is 1. The molecule has 9 nitrogen and oxygen atoms in total. The predicted molar refractivity (Wildman–Crippen MR) is 167 cm³/mol. The lowest BCUT2D eigenvalue weighted by Gasteiger charge is -2.38. The summed E-state index contributed by atoms with van der Waals surface area (Å²) in [6, 6.07) is 17.3. The number of rotatable bonds is 10. The Bertz CT molecular complexity index is 1730. The third kappa shape index (κ3) is 5.90. The standard InChI is InChI=1S/C36H38FN3O6/c37-33-12-23(28-19-43-20-28)1-2-25(33)21-45-35-6-4-26-17-42-18-27-14-39(9-7-32(27)36(26)38-35)15-29-11-24-3-5-30(46-22-41)13-34(24)40(29)16-31-8-10-44-31/h1-6,11-13,22,27-28,31-32H,7-10,14-21H2/t27-,31+,32-/m1/s1. The van der Waals surface area contributed by atoms with E-state index >= 15 is 0 Å². The van der Waals surface area contributed by atoms with Gasteiger partial charge in [-0.05, 0) is 60.8 Å². The van der Waals surface area contributed by atoms with Crippen LogP contribution in [0.1, 0.15) is 52.8 Å². The number of hydrogen-bond acceptors (Lipinski definition) is 8. The third-order valence-corrected chi connectivity index (χ3v) is 10.0. The first-order valence-corrected chi connectivity index (χ1v) is 16.2. The number of nitrogens with zero attached hydrogens (tertiary/aromatic N) is 3. The van der Waals surface area contributed by atoms with E-state index in [9.17, 15) is 9.18 Å². The monoisotopic (exact) mass is 627 g/mol. The zero-order valence-electron chi connectivity index (χ0n) is 25.7. The summed E-state index contributed by atoms with van der Waals surface area (Å²) in [6.07, 6.45) is 2.20. The maximum atomic E-state index is 14.8. The molecule has 3 fully saturated rings. The second kappa shape index (κ2) is 12.8. The van der Waals surface area contributed by atoms with Crippen LogP contribution in [0.3, 0.4) is 0 Å². The summed E-state index contributed by atoms with van der Waals surface area (Å²) < 4.78 is 45.6. The van der Waals surface area contributed by atoms with E-state index in [2.05, 4.69) is 15.5 Å². The van der Waals surface area contributed by atoms with Gasteiger partial charge in [0.2, 0.25) is 5.88 Å². The summed E-state index contributed by atoms with van der Waals surface area (Å²) >= 11 is 0. The number of carbonyl (C=O) groups is 1. The van der Waals surface area contributed by atoms with E-state index in [1.165, 1.54) is 5.69 Å². The number of aromatic nitrogens is 2. The minimum absolute atomic E-state index is 0.125.